The largest absolute Gasteiger partial charge is 0.385 e. The molecular formula is C14H17N3OS. The fourth-order valence-electron chi connectivity index (χ4n) is 1.80. The van der Waals surface area contributed by atoms with Gasteiger partial charge in [0, 0.05) is 23.8 Å². The van der Waals surface area contributed by atoms with E-state index in [1.165, 1.54) is 0 Å². The van der Waals surface area contributed by atoms with Gasteiger partial charge in [0.15, 0.2) is 0 Å². The molecule has 0 saturated heterocycles. The summed E-state index contributed by atoms with van der Waals surface area (Å²) in [5, 5.41) is 8.16. The lowest BCUT2D eigenvalue weighted by molar-refractivity contribution is 0.0941. The molecule has 2 aromatic rings. The number of carbonyl (C=O) groups is 1. The van der Waals surface area contributed by atoms with Crippen molar-refractivity contribution in [1.29, 1.82) is 0 Å². The predicted octanol–water partition coefficient (Wildman–Crippen LogP) is 3.07. The quantitative estimate of drug-likeness (QED) is 0.881. The van der Waals surface area contributed by atoms with Crippen LogP contribution in [0.1, 0.15) is 35.1 Å². The summed E-state index contributed by atoms with van der Waals surface area (Å²) >= 11 is 1.64. The second-order valence-corrected chi connectivity index (χ2v) is 5.14. The number of nitrogens with one attached hydrogen (secondary N) is 2. The lowest BCUT2D eigenvalue weighted by atomic mass is 10.2. The van der Waals surface area contributed by atoms with Gasteiger partial charge in [-0.3, -0.25) is 9.78 Å². The molecule has 2 rings (SSSR count). The Morgan fingerprint density at radius 1 is 1.47 bits per heavy atom. The fourth-order valence-corrected chi connectivity index (χ4v) is 2.54. The molecule has 0 spiro atoms. The molecule has 2 aromatic heterocycles. The first-order valence-electron chi connectivity index (χ1n) is 6.24. The van der Waals surface area contributed by atoms with Gasteiger partial charge in [-0.15, -0.1) is 11.3 Å². The summed E-state index contributed by atoms with van der Waals surface area (Å²) in [7, 11) is 0. The number of thiophene rings is 1. The predicted molar refractivity (Wildman–Crippen MR) is 78.6 cm³/mol. The molecular weight excluding hydrogens is 258 g/mol. The van der Waals surface area contributed by atoms with Gasteiger partial charge in [-0.1, -0.05) is 6.07 Å². The average molecular weight is 275 g/mol. The molecule has 0 aliphatic carbocycles. The lowest BCUT2D eigenvalue weighted by Crippen LogP contribution is -2.27. The average Bonchev–Trinajstić information content (AvgIpc) is 2.93. The second-order valence-electron chi connectivity index (χ2n) is 4.16. The van der Waals surface area contributed by atoms with E-state index in [-0.39, 0.29) is 11.9 Å². The summed E-state index contributed by atoms with van der Waals surface area (Å²) in [6.45, 7) is 4.74. The molecule has 2 heterocycles. The fraction of sp³-hybridized carbons (Fsp3) is 0.286. The van der Waals surface area contributed by atoms with E-state index in [2.05, 4.69) is 15.6 Å². The molecule has 5 heteroatoms. The monoisotopic (exact) mass is 275 g/mol. The summed E-state index contributed by atoms with van der Waals surface area (Å²) in [5.41, 5.74) is 1.39. The van der Waals surface area contributed by atoms with Crippen molar-refractivity contribution in [3.05, 3.63) is 46.4 Å². The lowest BCUT2D eigenvalue weighted by Gasteiger charge is -2.14. The zero-order chi connectivity index (χ0) is 13.7. The van der Waals surface area contributed by atoms with Crippen molar-refractivity contribution in [2.45, 2.75) is 19.9 Å². The number of aromatic nitrogens is 1. The maximum atomic E-state index is 12.3. The van der Waals surface area contributed by atoms with Crippen LogP contribution in [-0.2, 0) is 0 Å². The highest BCUT2D eigenvalue weighted by molar-refractivity contribution is 7.10. The SMILES string of the molecule is CCNc1ccncc1C(=O)NC(C)c1cccs1. The van der Waals surface area contributed by atoms with Crippen LogP contribution in [0.15, 0.2) is 36.0 Å². The minimum Gasteiger partial charge on any atom is -0.385 e. The Hall–Kier alpha value is -1.88. The van der Waals surface area contributed by atoms with Crippen molar-refractivity contribution in [3.8, 4) is 0 Å². The highest BCUT2D eigenvalue weighted by Crippen LogP contribution is 2.20. The Morgan fingerprint density at radius 2 is 2.32 bits per heavy atom. The maximum absolute atomic E-state index is 12.3. The van der Waals surface area contributed by atoms with Crippen LogP contribution in [0.25, 0.3) is 0 Å². The van der Waals surface area contributed by atoms with Gasteiger partial charge in [0.2, 0.25) is 0 Å². The molecule has 2 N–H and O–H groups in total. The van der Waals surface area contributed by atoms with Gasteiger partial charge in [0.1, 0.15) is 0 Å². The van der Waals surface area contributed by atoms with Crippen LogP contribution in [0.3, 0.4) is 0 Å². The zero-order valence-corrected chi connectivity index (χ0v) is 11.8. The number of rotatable bonds is 5. The second kappa shape index (κ2) is 6.33. The number of nitrogens with zero attached hydrogens (tertiary/aromatic N) is 1. The molecule has 0 radical (unpaired) electrons. The van der Waals surface area contributed by atoms with E-state index in [1.807, 2.05) is 37.4 Å². The number of hydrogen-bond donors (Lipinski definition) is 2. The minimum atomic E-state index is -0.107. The minimum absolute atomic E-state index is 0.00202. The van der Waals surface area contributed by atoms with Crippen molar-refractivity contribution in [2.24, 2.45) is 0 Å². The van der Waals surface area contributed by atoms with E-state index >= 15 is 0 Å². The van der Waals surface area contributed by atoms with Crippen molar-refractivity contribution in [2.75, 3.05) is 11.9 Å². The molecule has 0 aliphatic heterocycles. The van der Waals surface area contributed by atoms with Crippen LogP contribution in [0, 0.1) is 0 Å². The summed E-state index contributed by atoms with van der Waals surface area (Å²) in [6.07, 6.45) is 3.27. The Balaban J connectivity index is 2.11. The van der Waals surface area contributed by atoms with Gasteiger partial charge in [0.25, 0.3) is 5.91 Å². The topological polar surface area (TPSA) is 54.0 Å². The van der Waals surface area contributed by atoms with Crippen molar-refractivity contribution >= 4 is 22.9 Å². The Labute approximate surface area is 116 Å². The third-order valence-corrected chi connectivity index (χ3v) is 3.81. The first-order chi connectivity index (χ1) is 9.22. The van der Waals surface area contributed by atoms with Crippen LogP contribution in [0.4, 0.5) is 5.69 Å². The van der Waals surface area contributed by atoms with Crippen molar-refractivity contribution in [1.82, 2.24) is 10.3 Å². The van der Waals surface area contributed by atoms with E-state index < -0.39 is 0 Å². The molecule has 19 heavy (non-hydrogen) atoms. The summed E-state index contributed by atoms with van der Waals surface area (Å²) in [4.78, 5) is 17.4. The first kappa shape index (κ1) is 13.5. The number of anilines is 1. The molecule has 1 unspecified atom stereocenters. The molecule has 0 aliphatic rings. The number of hydrogen-bond acceptors (Lipinski definition) is 4. The summed E-state index contributed by atoms with van der Waals surface area (Å²) < 4.78 is 0. The molecule has 0 aromatic carbocycles. The Bertz CT molecular complexity index is 539. The highest BCUT2D eigenvalue weighted by Gasteiger charge is 2.15. The molecule has 0 fully saturated rings. The maximum Gasteiger partial charge on any atom is 0.255 e. The number of pyridine rings is 1. The molecule has 4 nitrogen and oxygen atoms in total. The number of carbonyl (C=O) groups excluding carboxylic acids is 1. The van der Waals surface area contributed by atoms with E-state index in [9.17, 15) is 4.79 Å². The van der Waals surface area contributed by atoms with E-state index in [0.29, 0.717) is 5.56 Å². The van der Waals surface area contributed by atoms with E-state index in [4.69, 9.17) is 0 Å². The Kier molecular flexibility index (Phi) is 4.52. The van der Waals surface area contributed by atoms with E-state index in [0.717, 1.165) is 17.1 Å². The normalized spacial score (nSPS) is 11.9. The van der Waals surface area contributed by atoms with Crippen LogP contribution in [-0.4, -0.2) is 17.4 Å². The number of amides is 1. The van der Waals surface area contributed by atoms with Crippen molar-refractivity contribution in [3.63, 3.8) is 0 Å². The highest BCUT2D eigenvalue weighted by atomic mass is 32.1. The van der Waals surface area contributed by atoms with Gasteiger partial charge in [-0.2, -0.15) is 0 Å². The molecule has 0 saturated carbocycles. The summed E-state index contributed by atoms with van der Waals surface area (Å²) in [6, 6.07) is 5.82. The zero-order valence-electron chi connectivity index (χ0n) is 11.0. The van der Waals surface area contributed by atoms with Gasteiger partial charge in [-0.25, -0.2) is 0 Å². The van der Waals surface area contributed by atoms with Gasteiger partial charge < -0.3 is 10.6 Å². The van der Waals surface area contributed by atoms with Crippen molar-refractivity contribution < 1.29 is 4.79 Å². The Morgan fingerprint density at radius 3 is 3.00 bits per heavy atom. The van der Waals surface area contributed by atoms with Gasteiger partial charge in [0.05, 0.1) is 17.3 Å². The van der Waals surface area contributed by atoms with Crippen LogP contribution >= 0.6 is 11.3 Å². The van der Waals surface area contributed by atoms with Crippen LogP contribution < -0.4 is 10.6 Å². The first-order valence-corrected chi connectivity index (χ1v) is 7.12. The molecule has 100 valence electrons. The molecule has 0 bridgehead atoms. The summed E-state index contributed by atoms with van der Waals surface area (Å²) in [5.74, 6) is -0.107. The molecule has 1 amide bonds. The molecule has 1 atom stereocenters. The third kappa shape index (κ3) is 3.32. The standard InChI is InChI=1S/C14H17N3OS/c1-3-16-12-6-7-15-9-11(12)14(18)17-10(2)13-5-4-8-19-13/h4-10H,3H2,1-2H3,(H,15,16)(H,17,18). The third-order valence-electron chi connectivity index (χ3n) is 2.75. The van der Waals surface area contributed by atoms with Crippen LogP contribution in [0.2, 0.25) is 0 Å². The van der Waals surface area contributed by atoms with Gasteiger partial charge in [-0.05, 0) is 31.4 Å². The van der Waals surface area contributed by atoms with E-state index in [1.54, 1.807) is 23.7 Å². The smallest absolute Gasteiger partial charge is 0.255 e. The van der Waals surface area contributed by atoms with Gasteiger partial charge >= 0.3 is 0 Å². The van der Waals surface area contributed by atoms with Crippen LogP contribution in [0.5, 0.6) is 0 Å².